The molecule has 84 valence electrons. The van der Waals surface area contributed by atoms with Gasteiger partial charge >= 0.3 is 6.36 Å². The maximum atomic E-state index is 11.8. The maximum Gasteiger partial charge on any atom is 0.573 e. The summed E-state index contributed by atoms with van der Waals surface area (Å²) >= 11 is 0. The van der Waals surface area contributed by atoms with Crippen LogP contribution in [0.25, 0.3) is 5.57 Å². The van der Waals surface area contributed by atoms with Crippen LogP contribution in [0, 0.1) is 11.3 Å². The van der Waals surface area contributed by atoms with Gasteiger partial charge in [0.15, 0.2) is 0 Å². The van der Waals surface area contributed by atoms with Crippen molar-refractivity contribution in [2.24, 2.45) is 0 Å². The van der Waals surface area contributed by atoms with E-state index in [1.54, 1.807) is 6.92 Å². The molecule has 1 rings (SSSR count). The topological polar surface area (TPSA) is 33.0 Å². The second-order valence-corrected chi connectivity index (χ2v) is 3.03. The minimum atomic E-state index is -4.68. The number of benzene rings is 1. The molecule has 0 spiro atoms. The van der Waals surface area contributed by atoms with Crippen LogP contribution in [-0.2, 0) is 0 Å². The standard InChI is InChI=1S/C11H8F3NO/c1-8(6-7-15)9-2-4-10(5-3-9)16-11(12,13)14/h2-6H,1H3. The van der Waals surface area contributed by atoms with Gasteiger partial charge in [0.1, 0.15) is 5.75 Å². The Labute approximate surface area is 90.6 Å². The number of allylic oxidation sites excluding steroid dienone is 2. The van der Waals surface area contributed by atoms with E-state index < -0.39 is 6.36 Å². The fraction of sp³-hybridized carbons (Fsp3) is 0.182. The predicted octanol–water partition coefficient (Wildman–Crippen LogP) is 3.51. The van der Waals surface area contributed by atoms with E-state index in [0.717, 1.165) is 0 Å². The molecule has 5 heteroatoms. The van der Waals surface area contributed by atoms with Crippen LogP contribution in [0.1, 0.15) is 12.5 Å². The smallest absolute Gasteiger partial charge is 0.406 e. The van der Waals surface area contributed by atoms with Crippen molar-refractivity contribution in [3.05, 3.63) is 35.9 Å². The van der Waals surface area contributed by atoms with E-state index in [1.165, 1.54) is 30.3 Å². The molecule has 0 atom stereocenters. The number of hydrogen-bond donors (Lipinski definition) is 0. The molecule has 0 aromatic heterocycles. The third-order valence-corrected chi connectivity index (χ3v) is 1.82. The van der Waals surface area contributed by atoms with E-state index in [9.17, 15) is 13.2 Å². The van der Waals surface area contributed by atoms with Crippen LogP contribution in [0.15, 0.2) is 30.3 Å². The second-order valence-electron chi connectivity index (χ2n) is 3.03. The van der Waals surface area contributed by atoms with Gasteiger partial charge in [-0.1, -0.05) is 12.1 Å². The van der Waals surface area contributed by atoms with Gasteiger partial charge in [0.25, 0.3) is 0 Å². The van der Waals surface area contributed by atoms with Gasteiger partial charge in [0.05, 0.1) is 6.07 Å². The molecule has 0 N–H and O–H groups in total. The molecule has 0 aliphatic rings. The fourth-order valence-electron chi connectivity index (χ4n) is 1.10. The van der Waals surface area contributed by atoms with Gasteiger partial charge in [-0.05, 0) is 30.2 Å². The predicted molar refractivity (Wildman–Crippen MR) is 52.4 cm³/mol. The van der Waals surface area contributed by atoms with E-state index in [4.69, 9.17) is 5.26 Å². The van der Waals surface area contributed by atoms with Crippen molar-refractivity contribution >= 4 is 5.57 Å². The first-order valence-corrected chi connectivity index (χ1v) is 4.35. The van der Waals surface area contributed by atoms with Gasteiger partial charge in [-0.25, -0.2) is 0 Å². The minimum absolute atomic E-state index is 0.277. The average molecular weight is 227 g/mol. The van der Waals surface area contributed by atoms with Gasteiger partial charge in [-0.3, -0.25) is 0 Å². The highest BCUT2D eigenvalue weighted by atomic mass is 19.4. The summed E-state index contributed by atoms with van der Waals surface area (Å²) < 4.78 is 39.2. The van der Waals surface area contributed by atoms with Crippen molar-refractivity contribution in [3.8, 4) is 11.8 Å². The Balaban J connectivity index is 2.85. The first-order valence-electron chi connectivity index (χ1n) is 4.35. The molecule has 0 saturated carbocycles. The van der Waals surface area contributed by atoms with E-state index in [1.807, 2.05) is 6.07 Å². The lowest BCUT2D eigenvalue weighted by atomic mass is 10.1. The van der Waals surface area contributed by atoms with Gasteiger partial charge in [-0.2, -0.15) is 5.26 Å². The summed E-state index contributed by atoms with van der Waals surface area (Å²) in [6.07, 6.45) is -3.36. The summed E-state index contributed by atoms with van der Waals surface area (Å²) in [5.74, 6) is -0.277. The number of ether oxygens (including phenoxy) is 1. The number of nitriles is 1. The molecule has 1 aromatic carbocycles. The Bertz CT molecular complexity index is 426. The zero-order chi connectivity index (χ0) is 12.2. The zero-order valence-electron chi connectivity index (χ0n) is 8.38. The first-order chi connectivity index (χ1) is 7.42. The largest absolute Gasteiger partial charge is 0.573 e. The Kier molecular flexibility index (Phi) is 3.56. The van der Waals surface area contributed by atoms with Gasteiger partial charge in [-0.15, -0.1) is 13.2 Å². The molecule has 0 fully saturated rings. The normalized spacial score (nSPS) is 12.1. The molecule has 0 amide bonds. The number of halogens is 3. The van der Waals surface area contributed by atoms with Crippen molar-refractivity contribution in [2.75, 3.05) is 0 Å². The average Bonchev–Trinajstić information content (AvgIpc) is 2.16. The molecule has 16 heavy (non-hydrogen) atoms. The molecule has 0 heterocycles. The minimum Gasteiger partial charge on any atom is -0.406 e. The van der Waals surface area contributed by atoms with Gasteiger partial charge < -0.3 is 4.74 Å². The first kappa shape index (κ1) is 12.1. The quantitative estimate of drug-likeness (QED) is 0.724. The Morgan fingerprint density at radius 2 is 1.88 bits per heavy atom. The Morgan fingerprint density at radius 3 is 2.31 bits per heavy atom. The molecule has 1 aromatic rings. The van der Waals surface area contributed by atoms with E-state index in [2.05, 4.69) is 4.74 Å². The summed E-state index contributed by atoms with van der Waals surface area (Å²) in [7, 11) is 0. The molecular weight excluding hydrogens is 219 g/mol. The zero-order valence-corrected chi connectivity index (χ0v) is 8.38. The summed E-state index contributed by atoms with van der Waals surface area (Å²) in [5.41, 5.74) is 1.36. The van der Waals surface area contributed by atoms with Crippen LogP contribution in [-0.4, -0.2) is 6.36 Å². The summed E-state index contributed by atoms with van der Waals surface area (Å²) in [4.78, 5) is 0. The van der Waals surface area contributed by atoms with Crippen LogP contribution < -0.4 is 4.74 Å². The maximum absolute atomic E-state index is 11.8. The van der Waals surface area contributed by atoms with E-state index in [-0.39, 0.29) is 5.75 Å². The molecule has 0 unspecified atom stereocenters. The number of rotatable bonds is 2. The van der Waals surface area contributed by atoms with Crippen molar-refractivity contribution < 1.29 is 17.9 Å². The van der Waals surface area contributed by atoms with E-state index in [0.29, 0.717) is 11.1 Å². The molecule has 0 aliphatic carbocycles. The second kappa shape index (κ2) is 4.71. The van der Waals surface area contributed by atoms with Crippen LogP contribution in [0.2, 0.25) is 0 Å². The molecule has 0 aliphatic heterocycles. The van der Waals surface area contributed by atoms with Crippen molar-refractivity contribution in [2.45, 2.75) is 13.3 Å². The molecule has 2 nitrogen and oxygen atoms in total. The number of alkyl halides is 3. The van der Waals surface area contributed by atoms with Crippen LogP contribution in [0.5, 0.6) is 5.75 Å². The van der Waals surface area contributed by atoms with Gasteiger partial charge in [0, 0.05) is 6.08 Å². The lowest BCUT2D eigenvalue weighted by molar-refractivity contribution is -0.274. The molecule has 0 radical (unpaired) electrons. The van der Waals surface area contributed by atoms with Crippen LogP contribution >= 0.6 is 0 Å². The fourth-order valence-corrected chi connectivity index (χ4v) is 1.10. The third kappa shape index (κ3) is 3.65. The van der Waals surface area contributed by atoms with Gasteiger partial charge in [0.2, 0.25) is 0 Å². The highest BCUT2D eigenvalue weighted by Gasteiger charge is 2.30. The van der Waals surface area contributed by atoms with Crippen LogP contribution in [0.3, 0.4) is 0 Å². The summed E-state index contributed by atoms with van der Waals surface area (Å²) in [6, 6.07) is 7.18. The highest BCUT2D eigenvalue weighted by Crippen LogP contribution is 2.24. The number of hydrogen-bond acceptors (Lipinski definition) is 2. The SMILES string of the molecule is CC(=CC#N)c1ccc(OC(F)(F)F)cc1. The monoisotopic (exact) mass is 227 g/mol. The van der Waals surface area contributed by atoms with Crippen molar-refractivity contribution in [3.63, 3.8) is 0 Å². The van der Waals surface area contributed by atoms with Crippen molar-refractivity contribution in [1.82, 2.24) is 0 Å². The number of nitrogens with zero attached hydrogens (tertiary/aromatic N) is 1. The highest BCUT2D eigenvalue weighted by molar-refractivity contribution is 5.66. The molecule has 0 saturated heterocycles. The lowest BCUT2D eigenvalue weighted by Crippen LogP contribution is -2.16. The van der Waals surface area contributed by atoms with Crippen molar-refractivity contribution in [1.29, 1.82) is 5.26 Å². The van der Waals surface area contributed by atoms with E-state index >= 15 is 0 Å². The Morgan fingerprint density at radius 1 is 1.31 bits per heavy atom. The third-order valence-electron chi connectivity index (χ3n) is 1.82. The lowest BCUT2D eigenvalue weighted by Gasteiger charge is -2.09. The molecular formula is C11H8F3NO. The summed E-state index contributed by atoms with van der Waals surface area (Å²) in [6.45, 7) is 1.70. The Hall–Kier alpha value is -1.96. The molecule has 0 bridgehead atoms. The van der Waals surface area contributed by atoms with Crippen LogP contribution in [0.4, 0.5) is 13.2 Å². The summed E-state index contributed by atoms with van der Waals surface area (Å²) in [5, 5.41) is 8.41.